The maximum atomic E-state index is 5.84. The first kappa shape index (κ1) is 11.4. The molecular weight excluding hydrogens is 230 g/mol. The van der Waals surface area contributed by atoms with E-state index in [-0.39, 0.29) is 0 Å². The van der Waals surface area contributed by atoms with Crippen LogP contribution in [-0.4, -0.2) is 19.3 Å². The van der Waals surface area contributed by atoms with Gasteiger partial charge < -0.3 is 10.1 Å². The van der Waals surface area contributed by atoms with Crippen LogP contribution in [-0.2, 0) is 11.3 Å². The Morgan fingerprint density at radius 3 is 3.20 bits per heavy atom. The average molecular weight is 246 g/mol. The molecule has 1 aliphatic rings. The molecule has 15 heavy (non-hydrogen) atoms. The van der Waals surface area contributed by atoms with E-state index < -0.39 is 0 Å². The first-order valence-corrected chi connectivity index (χ1v) is 6.65. The molecule has 0 spiro atoms. The fourth-order valence-electron chi connectivity index (χ4n) is 1.79. The van der Waals surface area contributed by atoms with Crippen LogP contribution in [0.1, 0.15) is 24.1 Å². The highest BCUT2D eigenvalue weighted by molar-refractivity contribution is 7.10. The molecule has 1 aliphatic heterocycles. The van der Waals surface area contributed by atoms with Gasteiger partial charge in [0.05, 0.1) is 11.1 Å². The number of hydrogen-bond acceptors (Lipinski definition) is 3. The smallest absolute Gasteiger partial charge is 0.0588 e. The van der Waals surface area contributed by atoms with Crippen LogP contribution in [0.2, 0.25) is 5.02 Å². The van der Waals surface area contributed by atoms with Crippen LogP contribution in [0.15, 0.2) is 11.4 Å². The molecule has 4 heteroatoms. The van der Waals surface area contributed by atoms with E-state index in [0.29, 0.717) is 6.10 Å². The molecule has 0 radical (unpaired) electrons. The fourth-order valence-corrected chi connectivity index (χ4v) is 2.84. The molecule has 0 aromatic carbocycles. The molecule has 0 amide bonds. The number of hydrogen-bond donors (Lipinski definition) is 1. The largest absolute Gasteiger partial charge is 0.378 e. The Morgan fingerprint density at radius 1 is 1.60 bits per heavy atom. The van der Waals surface area contributed by atoms with Crippen LogP contribution in [0.25, 0.3) is 0 Å². The maximum Gasteiger partial charge on any atom is 0.0588 e. The van der Waals surface area contributed by atoms with Gasteiger partial charge in [-0.25, -0.2) is 0 Å². The Hall–Kier alpha value is -0.0900. The Balaban J connectivity index is 1.58. The highest BCUT2D eigenvalue weighted by Gasteiger charge is 2.14. The van der Waals surface area contributed by atoms with Gasteiger partial charge in [-0.15, -0.1) is 11.3 Å². The molecule has 1 atom stereocenters. The van der Waals surface area contributed by atoms with Crippen molar-refractivity contribution in [2.24, 2.45) is 0 Å². The Kier molecular flexibility index (Phi) is 4.44. The molecule has 0 aliphatic carbocycles. The monoisotopic (exact) mass is 245 g/mol. The minimum absolute atomic E-state index is 0.490. The quantitative estimate of drug-likeness (QED) is 0.806. The van der Waals surface area contributed by atoms with Gasteiger partial charge in [-0.05, 0) is 31.9 Å². The maximum absolute atomic E-state index is 5.84. The Morgan fingerprint density at radius 2 is 2.53 bits per heavy atom. The number of nitrogens with one attached hydrogen (secondary N) is 1. The Labute approximate surface area is 99.6 Å². The normalized spacial score (nSPS) is 21.0. The molecule has 1 aromatic heterocycles. The standard InChI is InChI=1S/C11H16ClNOS/c12-9-6-11(15-8-9)7-13-4-3-10-2-1-5-14-10/h6,8,10,13H,1-5,7H2. The van der Waals surface area contributed by atoms with E-state index in [2.05, 4.69) is 5.32 Å². The van der Waals surface area contributed by atoms with E-state index in [0.717, 1.165) is 31.1 Å². The lowest BCUT2D eigenvalue weighted by molar-refractivity contribution is 0.104. The molecule has 1 aromatic rings. The van der Waals surface area contributed by atoms with Crippen LogP contribution in [0.5, 0.6) is 0 Å². The van der Waals surface area contributed by atoms with Crippen molar-refractivity contribution in [3.63, 3.8) is 0 Å². The van der Waals surface area contributed by atoms with E-state index in [1.165, 1.54) is 17.7 Å². The predicted octanol–water partition coefficient (Wildman–Crippen LogP) is 3.06. The number of ether oxygens (including phenoxy) is 1. The third-order valence-corrected chi connectivity index (χ3v) is 3.87. The van der Waals surface area contributed by atoms with Crippen molar-refractivity contribution < 1.29 is 4.74 Å². The molecule has 2 heterocycles. The van der Waals surface area contributed by atoms with Gasteiger partial charge >= 0.3 is 0 Å². The molecular formula is C11H16ClNOS. The van der Waals surface area contributed by atoms with Crippen LogP contribution in [0.3, 0.4) is 0 Å². The average Bonchev–Trinajstić information content (AvgIpc) is 2.84. The summed E-state index contributed by atoms with van der Waals surface area (Å²) in [6.07, 6.45) is 4.07. The van der Waals surface area contributed by atoms with Gasteiger partial charge in [0.2, 0.25) is 0 Å². The minimum atomic E-state index is 0.490. The molecule has 84 valence electrons. The molecule has 2 nitrogen and oxygen atoms in total. The van der Waals surface area contributed by atoms with Crippen molar-refractivity contribution >= 4 is 22.9 Å². The third-order valence-electron chi connectivity index (χ3n) is 2.59. The van der Waals surface area contributed by atoms with E-state index >= 15 is 0 Å². The Bertz CT molecular complexity index is 297. The summed E-state index contributed by atoms with van der Waals surface area (Å²) in [4.78, 5) is 1.30. The summed E-state index contributed by atoms with van der Waals surface area (Å²) in [6.45, 7) is 2.90. The second kappa shape index (κ2) is 5.85. The van der Waals surface area contributed by atoms with Crippen molar-refractivity contribution in [3.05, 3.63) is 21.3 Å². The first-order valence-electron chi connectivity index (χ1n) is 5.40. The van der Waals surface area contributed by atoms with Gasteiger partial charge in [-0.3, -0.25) is 0 Å². The molecule has 1 N–H and O–H groups in total. The summed E-state index contributed by atoms with van der Waals surface area (Å²) in [5.41, 5.74) is 0. The lowest BCUT2D eigenvalue weighted by Gasteiger charge is -2.09. The lowest BCUT2D eigenvalue weighted by atomic mass is 10.2. The number of rotatable bonds is 5. The molecule has 2 rings (SSSR count). The van der Waals surface area contributed by atoms with Crippen LogP contribution in [0.4, 0.5) is 0 Å². The summed E-state index contributed by atoms with van der Waals surface area (Å²) < 4.78 is 5.55. The molecule has 0 saturated carbocycles. The van der Waals surface area contributed by atoms with E-state index in [9.17, 15) is 0 Å². The molecule has 1 fully saturated rings. The van der Waals surface area contributed by atoms with Crippen molar-refractivity contribution in [2.75, 3.05) is 13.2 Å². The highest BCUT2D eigenvalue weighted by Crippen LogP contribution is 2.19. The van der Waals surface area contributed by atoms with Crippen molar-refractivity contribution in [1.82, 2.24) is 5.32 Å². The molecule has 1 unspecified atom stereocenters. The van der Waals surface area contributed by atoms with Gasteiger partial charge in [-0.2, -0.15) is 0 Å². The number of halogens is 1. The van der Waals surface area contributed by atoms with Gasteiger partial charge in [0.1, 0.15) is 0 Å². The zero-order valence-corrected chi connectivity index (χ0v) is 10.2. The summed E-state index contributed by atoms with van der Waals surface area (Å²) in [5, 5.41) is 6.23. The van der Waals surface area contributed by atoms with Crippen molar-refractivity contribution in [1.29, 1.82) is 0 Å². The first-order chi connectivity index (χ1) is 7.34. The third kappa shape index (κ3) is 3.76. The lowest BCUT2D eigenvalue weighted by Crippen LogP contribution is -2.19. The van der Waals surface area contributed by atoms with Gasteiger partial charge in [0, 0.05) is 23.4 Å². The topological polar surface area (TPSA) is 21.3 Å². The minimum Gasteiger partial charge on any atom is -0.378 e. The SMILES string of the molecule is Clc1csc(CNCCC2CCCO2)c1. The summed E-state index contributed by atoms with van der Waals surface area (Å²) >= 11 is 7.55. The van der Waals surface area contributed by atoms with Gasteiger partial charge in [0.25, 0.3) is 0 Å². The van der Waals surface area contributed by atoms with Gasteiger partial charge in [0.15, 0.2) is 0 Å². The van der Waals surface area contributed by atoms with Crippen LogP contribution < -0.4 is 5.32 Å². The highest BCUT2D eigenvalue weighted by atomic mass is 35.5. The van der Waals surface area contributed by atoms with Gasteiger partial charge in [-0.1, -0.05) is 11.6 Å². The second-order valence-corrected chi connectivity index (χ2v) is 5.26. The van der Waals surface area contributed by atoms with E-state index in [1.54, 1.807) is 11.3 Å². The second-order valence-electron chi connectivity index (χ2n) is 3.83. The molecule has 1 saturated heterocycles. The predicted molar refractivity (Wildman–Crippen MR) is 64.6 cm³/mol. The molecule has 0 bridgehead atoms. The van der Waals surface area contributed by atoms with Crippen LogP contribution >= 0.6 is 22.9 Å². The number of thiophene rings is 1. The van der Waals surface area contributed by atoms with Crippen molar-refractivity contribution in [3.8, 4) is 0 Å². The fraction of sp³-hybridized carbons (Fsp3) is 0.636. The van der Waals surface area contributed by atoms with E-state index in [1.807, 2.05) is 11.4 Å². The zero-order chi connectivity index (χ0) is 10.5. The summed E-state index contributed by atoms with van der Waals surface area (Å²) in [5.74, 6) is 0. The van der Waals surface area contributed by atoms with E-state index in [4.69, 9.17) is 16.3 Å². The van der Waals surface area contributed by atoms with Crippen LogP contribution in [0, 0.1) is 0 Å². The van der Waals surface area contributed by atoms with Crippen molar-refractivity contribution in [2.45, 2.75) is 31.9 Å². The zero-order valence-electron chi connectivity index (χ0n) is 8.67. The summed E-state index contributed by atoms with van der Waals surface area (Å²) in [7, 11) is 0. The summed E-state index contributed by atoms with van der Waals surface area (Å²) in [6, 6.07) is 2.02.